The van der Waals surface area contributed by atoms with Crippen LogP contribution in [-0.4, -0.2) is 6.54 Å². The van der Waals surface area contributed by atoms with Gasteiger partial charge in [-0.05, 0) is 51.3 Å². The second kappa shape index (κ2) is 6.01. The van der Waals surface area contributed by atoms with Crippen molar-refractivity contribution in [3.05, 3.63) is 21.4 Å². The van der Waals surface area contributed by atoms with Crippen LogP contribution in [0.15, 0.2) is 6.07 Å². The van der Waals surface area contributed by atoms with E-state index >= 15 is 0 Å². The third-order valence-electron chi connectivity index (χ3n) is 4.02. The first-order valence-electron chi connectivity index (χ1n) is 6.97. The maximum absolute atomic E-state index is 3.69. The highest BCUT2D eigenvalue weighted by Crippen LogP contribution is 2.28. The molecule has 0 amide bonds. The van der Waals surface area contributed by atoms with Crippen LogP contribution in [0.2, 0.25) is 0 Å². The molecule has 1 atom stereocenters. The molecule has 0 radical (unpaired) electrons. The van der Waals surface area contributed by atoms with E-state index in [2.05, 4.69) is 32.2 Å². The number of nitrogens with one attached hydrogen (secondary N) is 1. The molecule has 1 aromatic heterocycles. The molecular formula is C15H25NS. The second-order valence-corrected chi connectivity index (χ2v) is 6.94. The number of hydrogen-bond donors (Lipinski definition) is 1. The van der Waals surface area contributed by atoms with Crippen LogP contribution in [0.1, 0.15) is 60.4 Å². The molecule has 1 saturated carbocycles. The predicted octanol–water partition coefficient (Wildman–Crippen LogP) is 4.60. The summed E-state index contributed by atoms with van der Waals surface area (Å²) in [6, 6.07) is 2.86. The lowest BCUT2D eigenvalue weighted by molar-refractivity contribution is 0.455. The summed E-state index contributed by atoms with van der Waals surface area (Å²) in [6.07, 6.45) is 7.22. The van der Waals surface area contributed by atoms with E-state index in [0.29, 0.717) is 6.04 Å². The quantitative estimate of drug-likeness (QED) is 0.806. The van der Waals surface area contributed by atoms with Gasteiger partial charge in [-0.1, -0.05) is 25.7 Å². The first kappa shape index (κ1) is 13.1. The van der Waals surface area contributed by atoms with Crippen LogP contribution in [0.3, 0.4) is 0 Å². The SMILES string of the molecule is Cc1cc(C(C)NCCC2CCCC2)c(C)s1. The van der Waals surface area contributed by atoms with E-state index in [0.717, 1.165) is 5.92 Å². The van der Waals surface area contributed by atoms with Crippen LogP contribution in [0.5, 0.6) is 0 Å². The van der Waals surface area contributed by atoms with E-state index in [4.69, 9.17) is 0 Å². The van der Waals surface area contributed by atoms with Crippen LogP contribution in [-0.2, 0) is 0 Å². The highest BCUT2D eigenvalue weighted by atomic mass is 32.1. The molecule has 1 N–H and O–H groups in total. The van der Waals surface area contributed by atoms with E-state index < -0.39 is 0 Å². The zero-order valence-electron chi connectivity index (χ0n) is 11.4. The lowest BCUT2D eigenvalue weighted by Gasteiger charge is -2.15. The van der Waals surface area contributed by atoms with E-state index in [1.54, 1.807) is 0 Å². The van der Waals surface area contributed by atoms with Crippen LogP contribution in [0.4, 0.5) is 0 Å². The first-order chi connectivity index (χ1) is 8.16. The minimum Gasteiger partial charge on any atom is -0.310 e. The van der Waals surface area contributed by atoms with Gasteiger partial charge in [0, 0.05) is 15.8 Å². The average molecular weight is 251 g/mol. The molecule has 2 rings (SSSR count). The molecule has 17 heavy (non-hydrogen) atoms. The zero-order chi connectivity index (χ0) is 12.3. The largest absolute Gasteiger partial charge is 0.310 e. The Morgan fingerprint density at radius 2 is 2.06 bits per heavy atom. The maximum Gasteiger partial charge on any atom is 0.0302 e. The van der Waals surface area contributed by atoms with Gasteiger partial charge in [-0.25, -0.2) is 0 Å². The summed E-state index contributed by atoms with van der Waals surface area (Å²) in [6.45, 7) is 7.91. The molecule has 0 saturated heterocycles. The van der Waals surface area contributed by atoms with Crippen molar-refractivity contribution in [2.75, 3.05) is 6.54 Å². The molecule has 0 spiro atoms. The van der Waals surface area contributed by atoms with Gasteiger partial charge in [0.15, 0.2) is 0 Å². The third kappa shape index (κ3) is 3.56. The Hall–Kier alpha value is -0.340. The molecule has 0 aromatic carbocycles. The lowest BCUT2D eigenvalue weighted by Crippen LogP contribution is -2.21. The number of rotatable bonds is 5. The molecule has 1 aliphatic rings. The summed E-state index contributed by atoms with van der Waals surface area (Å²) >= 11 is 1.92. The van der Waals surface area contributed by atoms with Crippen LogP contribution >= 0.6 is 11.3 Å². The van der Waals surface area contributed by atoms with Crippen molar-refractivity contribution in [3.63, 3.8) is 0 Å². The summed E-state index contributed by atoms with van der Waals surface area (Å²) < 4.78 is 0. The van der Waals surface area contributed by atoms with Crippen molar-refractivity contribution >= 4 is 11.3 Å². The second-order valence-electron chi connectivity index (χ2n) is 5.48. The summed E-state index contributed by atoms with van der Waals surface area (Å²) in [5.74, 6) is 1.00. The van der Waals surface area contributed by atoms with E-state index in [9.17, 15) is 0 Å². The summed E-state index contributed by atoms with van der Waals surface area (Å²) in [7, 11) is 0. The standard InChI is InChI=1S/C15H25NS/c1-11-10-15(13(3)17-11)12(2)16-9-8-14-6-4-5-7-14/h10,12,14,16H,4-9H2,1-3H3. The Morgan fingerprint density at radius 1 is 1.35 bits per heavy atom. The van der Waals surface area contributed by atoms with Crippen molar-refractivity contribution < 1.29 is 0 Å². The molecule has 0 aliphatic heterocycles. The molecular weight excluding hydrogens is 226 g/mol. The molecule has 96 valence electrons. The number of thiophene rings is 1. The van der Waals surface area contributed by atoms with Crippen LogP contribution in [0, 0.1) is 19.8 Å². The highest BCUT2D eigenvalue weighted by Gasteiger charge is 2.15. The van der Waals surface area contributed by atoms with Crippen molar-refractivity contribution in [2.45, 2.75) is 58.9 Å². The molecule has 1 heterocycles. The first-order valence-corrected chi connectivity index (χ1v) is 7.79. The number of aryl methyl sites for hydroxylation is 2. The lowest BCUT2D eigenvalue weighted by atomic mass is 10.0. The van der Waals surface area contributed by atoms with E-state index in [-0.39, 0.29) is 0 Å². The molecule has 1 aromatic rings. The average Bonchev–Trinajstić information content (AvgIpc) is 2.88. The van der Waals surface area contributed by atoms with Crippen LogP contribution < -0.4 is 5.32 Å². The topological polar surface area (TPSA) is 12.0 Å². The molecule has 1 fully saturated rings. The van der Waals surface area contributed by atoms with Gasteiger partial charge in [-0.15, -0.1) is 11.3 Å². The Morgan fingerprint density at radius 3 is 2.65 bits per heavy atom. The van der Waals surface area contributed by atoms with Gasteiger partial charge in [0.1, 0.15) is 0 Å². The summed E-state index contributed by atoms with van der Waals surface area (Å²) in [4.78, 5) is 2.91. The fraction of sp³-hybridized carbons (Fsp3) is 0.733. The maximum atomic E-state index is 3.69. The normalized spacial score (nSPS) is 18.8. The monoisotopic (exact) mass is 251 g/mol. The zero-order valence-corrected chi connectivity index (χ0v) is 12.2. The highest BCUT2D eigenvalue weighted by molar-refractivity contribution is 7.12. The molecule has 1 nitrogen and oxygen atoms in total. The fourth-order valence-electron chi connectivity index (χ4n) is 2.99. The van der Waals surface area contributed by atoms with Gasteiger partial charge >= 0.3 is 0 Å². The molecule has 0 bridgehead atoms. The van der Waals surface area contributed by atoms with Crippen molar-refractivity contribution in [3.8, 4) is 0 Å². The van der Waals surface area contributed by atoms with E-state index in [1.807, 2.05) is 11.3 Å². The Kier molecular flexibility index (Phi) is 4.63. The summed E-state index contributed by atoms with van der Waals surface area (Å²) in [5, 5.41) is 3.69. The molecule has 1 aliphatic carbocycles. The molecule has 2 heteroatoms. The molecule has 1 unspecified atom stereocenters. The van der Waals surface area contributed by atoms with Gasteiger partial charge < -0.3 is 5.32 Å². The smallest absolute Gasteiger partial charge is 0.0302 e. The van der Waals surface area contributed by atoms with Crippen molar-refractivity contribution in [2.24, 2.45) is 5.92 Å². The van der Waals surface area contributed by atoms with Gasteiger partial charge in [0.2, 0.25) is 0 Å². The van der Waals surface area contributed by atoms with Crippen molar-refractivity contribution in [1.29, 1.82) is 0 Å². The summed E-state index contributed by atoms with van der Waals surface area (Å²) in [5.41, 5.74) is 1.50. The number of hydrogen-bond acceptors (Lipinski definition) is 2. The van der Waals surface area contributed by atoms with Gasteiger partial charge in [0.05, 0.1) is 0 Å². The third-order valence-corrected chi connectivity index (χ3v) is 5.01. The van der Waals surface area contributed by atoms with E-state index in [1.165, 1.54) is 54.0 Å². The Labute approximate surface area is 110 Å². The predicted molar refractivity (Wildman–Crippen MR) is 76.8 cm³/mol. The van der Waals surface area contributed by atoms with Gasteiger partial charge in [0.25, 0.3) is 0 Å². The van der Waals surface area contributed by atoms with Crippen LogP contribution in [0.25, 0.3) is 0 Å². The fourth-order valence-corrected chi connectivity index (χ4v) is 4.02. The van der Waals surface area contributed by atoms with Gasteiger partial charge in [-0.3, -0.25) is 0 Å². The minimum atomic E-state index is 0.515. The Bertz CT molecular complexity index is 350. The van der Waals surface area contributed by atoms with Crippen molar-refractivity contribution in [1.82, 2.24) is 5.32 Å². The minimum absolute atomic E-state index is 0.515. The van der Waals surface area contributed by atoms with Gasteiger partial charge in [-0.2, -0.15) is 0 Å². The Balaban J connectivity index is 1.76.